The lowest BCUT2D eigenvalue weighted by molar-refractivity contribution is 0.899. The summed E-state index contributed by atoms with van der Waals surface area (Å²) in [6.45, 7) is 0. The molecule has 0 atom stereocenters. The van der Waals surface area contributed by atoms with Crippen molar-refractivity contribution in [2.75, 3.05) is 0 Å². The molecule has 0 aliphatic heterocycles. The van der Waals surface area contributed by atoms with Crippen molar-refractivity contribution in [1.29, 1.82) is 0 Å². The summed E-state index contributed by atoms with van der Waals surface area (Å²) >= 11 is 1.50. The highest BCUT2D eigenvalue weighted by Gasteiger charge is 2.17. The zero-order valence-corrected chi connectivity index (χ0v) is 8.80. The van der Waals surface area contributed by atoms with Crippen LogP contribution in [0.2, 0.25) is 0 Å². The number of H-pyrrole nitrogens is 1. The summed E-state index contributed by atoms with van der Waals surface area (Å²) in [5.41, 5.74) is 4.30. The van der Waals surface area contributed by atoms with Gasteiger partial charge in [0.1, 0.15) is 5.69 Å². The first-order valence-electron chi connectivity index (χ1n) is 4.85. The molecule has 0 fully saturated rings. The smallest absolute Gasteiger partial charge is 0.254 e. The Morgan fingerprint density at radius 1 is 1.40 bits per heavy atom. The number of fused-ring (bicyclic) bond motifs is 1. The van der Waals surface area contributed by atoms with Crippen LogP contribution in [-0.2, 0) is 12.8 Å². The number of thiazole rings is 1. The van der Waals surface area contributed by atoms with E-state index in [0.29, 0.717) is 5.82 Å². The summed E-state index contributed by atoms with van der Waals surface area (Å²) in [4.78, 5) is 23.1. The van der Waals surface area contributed by atoms with Gasteiger partial charge in [-0.15, -0.1) is 11.3 Å². The third-order valence-corrected chi connectivity index (χ3v) is 3.20. The molecule has 0 radical (unpaired) electrons. The lowest BCUT2D eigenvalue weighted by atomic mass is 10.2. The molecule has 0 aromatic carbocycles. The van der Waals surface area contributed by atoms with Gasteiger partial charge in [-0.05, 0) is 19.3 Å². The summed E-state index contributed by atoms with van der Waals surface area (Å²) in [6.07, 6.45) is 2.80. The summed E-state index contributed by atoms with van der Waals surface area (Å²) in [6, 6.07) is 0. The number of aromatic amines is 1. The average molecular weight is 219 g/mol. The van der Waals surface area contributed by atoms with Crippen LogP contribution in [0.4, 0.5) is 0 Å². The second-order valence-electron chi connectivity index (χ2n) is 3.57. The maximum absolute atomic E-state index is 11.7. The predicted molar refractivity (Wildman–Crippen MR) is 58.0 cm³/mol. The zero-order chi connectivity index (χ0) is 10.3. The van der Waals surface area contributed by atoms with Crippen LogP contribution in [0.3, 0.4) is 0 Å². The van der Waals surface area contributed by atoms with E-state index in [1.165, 1.54) is 11.3 Å². The minimum Gasteiger partial charge on any atom is -0.305 e. The Balaban J connectivity index is 2.20. The van der Waals surface area contributed by atoms with Crippen LogP contribution < -0.4 is 5.56 Å². The van der Waals surface area contributed by atoms with Gasteiger partial charge in [-0.25, -0.2) is 9.97 Å². The standard InChI is InChI=1S/C10H9N3OS/c14-10-6-2-1-3-7(6)12-9(13-10)8-4-15-5-11-8/h4-5H,1-3H2,(H,12,13,14). The largest absolute Gasteiger partial charge is 0.305 e. The fourth-order valence-electron chi connectivity index (χ4n) is 1.89. The van der Waals surface area contributed by atoms with Gasteiger partial charge in [0.05, 0.1) is 11.2 Å². The van der Waals surface area contributed by atoms with Crippen molar-refractivity contribution in [2.45, 2.75) is 19.3 Å². The van der Waals surface area contributed by atoms with Crippen LogP contribution in [0.1, 0.15) is 17.7 Å². The van der Waals surface area contributed by atoms with Crippen molar-refractivity contribution in [3.63, 3.8) is 0 Å². The molecular weight excluding hydrogens is 210 g/mol. The molecule has 0 saturated carbocycles. The first-order chi connectivity index (χ1) is 7.34. The minimum absolute atomic E-state index is 0.000463. The molecule has 2 heterocycles. The maximum atomic E-state index is 11.7. The van der Waals surface area contributed by atoms with E-state index in [1.807, 2.05) is 5.38 Å². The van der Waals surface area contributed by atoms with Gasteiger partial charge < -0.3 is 4.98 Å². The molecule has 0 amide bonds. The van der Waals surface area contributed by atoms with Gasteiger partial charge in [-0.3, -0.25) is 4.79 Å². The second kappa shape index (κ2) is 3.27. The summed E-state index contributed by atoms with van der Waals surface area (Å²) in [7, 11) is 0. The normalized spacial score (nSPS) is 14.1. The molecule has 0 bridgehead atoms. The van der Waals surface area contributed by atoms with Crippen LogP contribution >= 0.6 is 11.3 Å². The monoisotopic (exact) mass is 219 g/mol. The molecule has 2 aromatic heterocycles. The second-order valence-corrected chi connectivity index (χ2v) is 4.29. The Kier molecular flexibility index (Phi) is 1.92. The average Bonchev–Trinajstić information content (AvgIpc) is 2.88. The summed E-state index contributed by atoms with van der Waals surface area (Å²) in [5.74, 6) is 0.599. The van der Waals surface area contributed by atoms with E-state index in [-0.39, 0.29) is 5.56 Å². The Bertz CT molecular complexity index is 544. The molecule has 4 nitrogen and oxygen atoms in total. The molecule has 5 heteroatoms. The van der Waals surface area contributed by atoms with Gasteiger partial charge in [0.25, 0.3) is 5.56 Å². The van der Waals surface area contributed by atoms with Crippen molar-refractivity contribution in [2.24, 2.45) is 0 Å². The van der Waals surface area contributed by atoms with E-state index < -0.39 is 0 Å². The number of aromatic nitrogens is 3. The highest BCUT2D eigenvalue weighted by atomic mass is 32.1. The van der Waals surface area contributed by atoms with Crippen LogP contribution in [-0.4, -0.2) is 15.0 Å². The Labute approximate surface area is 90.0 Å². The molecule has 0 unspecified atom stereocenters. The van der Waals surface area contributed by atoms with Crippen LogP contribution in [0.25, 0.3) is 11.5 Å². The number of hydrogen-bond donors (Lipinski definition) is 1. The Morgan fingerprint density at radius 3 is 3.13 bits per heavy atom. The van der Waals surface area contributed by atoms with E-state index in [9.17, 15) is 4.79 Å². The van der Waals surface area contributed by atoms with Crippen molar-refractivity contribution in [3.05, 3.63) is 32.5 Å². The van der Waals surface area contributed by atoms with Crippen molar-refractivity contribution >= 4 is 11.3 Å². The highest BCUT2D eigenvalue weighted by molar-refractivity contribution is 7.07. The lowest BCUT2D eigenvalue weighted by Gasteiger charge is -2.00. The third-order valence-electron chi connectivity index (χ3n) is 2.62. The topological polar surface area (TPSA) is 58.6 Å². The van der Waals surface area contributed by atoms with Crippen LogP contribution in [0.5, 0.6) is 0 Å². The first-order valence-corrected chi connectivity index (χ1v) is 5.79. The first kappa shape index (κ1) is 8.79. The van der Waals surface area contributed by atoms with Crippen LogP contribution in [0, 0.1) is 0 Å². The van der Waals surface area contributed by atoms with Gasteiger partial charge in [0.2, 0.25) is 0 Å². The molecule has 0 spiro atoms. The quantitative estimate of drug-likeness (QED) is 0.788. The maximum Gasteiger partial charge on any atom is 0.254 e. The minimum atomic E-state index is 0.000463. The van der Waals surface area contributed by atoms with Gasteiger partial charge in [0.15, 0.2) is 5.82 Å². The van der Waals surface area contributed by atoms with Gasteiger partial charge in [-0.2, -0.15) is 0 Å². The molecule has 1 aliphatic carbocycles. The zero-order valence-electron chi connectivity index (χ0n) is 7.99. The van der Waals surface area contributed by atoms with E-state index in [0.717, 1.165) is 36.2 Å². The molecular formula is C10H9N3OS. The Hall–Kier alpha value is -1.49. The molecule has 3 rings (SSSR count). The molecule has 15 heavy (non-hydrogen) atoms. The molecule has 1 aliphatic rings. The van der Waals surface area contributed by atoms with Gasteiger partial charge in [0, 0.05) is 10.9 Å². The number of nitrogens with zero attached hydrogens (tertiary/aromatic N) is 2. The lowest BCUT2D eigenvalue weighted by Crippen LogP contribution is -2.15. The van der Waals surface area contributed by atoms with E-state index >= 15 is 0 Å². The fourth-order valence-corrected chi connectivity index (χ4v) is 2.43. The van der Waals surface area contributed by atoms with Crippen molar-refractivity contribution in [3.8, 4) is 11.5 Å². The van der Waals surface area contributed by atoms with E-state index in [4.69, 9.17) is 0 Å². The fraction of sp³-hybridized carbons (Fsp3) is 0.300. The van der Waals surface area contributed by atoms with E-state index in [2.05, 4.69) is 15.0 Å². The predicted octanol–water partition coefficient (Wildman–Crippen LogP) is 1.38. The van der Waals surface area contributed by atoms with Gasteiger partial charge >= 0.3 is 0 Å². The number of nitrogens with one attached hydrogen (secondary N) is 1. The third kappa shape index (κ3) is 1.39. The SMILES string of the molecule is O=c1[nH]c(-c2cscn2)nc2c1CCC2. The Morgan fingerprint density at radius 2 is 2.33 bits per heavy atom. The van der Waals surface area contributed by atoms with Crippen molar-refractivity contribution < 1.29 is 0 Å². The van der Waals surface area contributed by atoms with Crippen molar-refractivity contribution in [1.82, 2.24) is 15.0 Å². The summed E-state index contributed by atoms with van der Waals surface area (Å²) < 4.78 is 0. The van der Waals surface area contributed by atoms with Crippen LogP contribution in [0.15, 0.2) is 15.7 Å². The number of aryl methyl sites for hydroxylation is 1. The number of rotatable bonds is 1. The molecule has 76 valence electrons. The summed E-state index contributed by atoms with van der Waals surface area (Å²) in [5, 5.41) is 1.89. The number of hydrogen-bond acceptors (Lipinski definition) is 4. The molecule has 0 saturated heterocycles. The van der Waals surface area contributed by atoms with Gasteiger partial charge in [-0.1, -0.05) is 0 Å². The molecule has 2 aromatic rings. The molecule has 1 N–H and O–H groups in total. The van der Waals surface area contributed by atoms with E-state index in [1.54, 1.807) is 5.51 Å². The highest BCUT2D eigenvalue weighted by Crippen LogP contribution is 2.19.